The van der Waals surface area contributed by atoms with Crippen LogP contribution in [0.2, 0.25) is 0 Å². The molecule has 0 saturated carbocycles. The molecule has 0 heterocycles. The van der Waals surface area contributed by atoms with Gasteiger partial charge >= 0.3 is 0 Å². The highest BCUT2D eigenvalue weighted by Crippen LogP contribution is 2.32. The van der Waals surface area contributed by atoms with Gasteiger partial charge in [-0.1, -0.05) is 22.0 Å². The van der Waals surface area contributed by atoms with Crippen LogP contribution in [0, 0.1) is 5.82 Å². The zero-order chi connectivity index (χ0) is 15.0. The maximum Gasteiger partial charge on any atom is 0.254 e. The lowest BCUT2D eigenvalue weighted by Crippen LogP contribution is -2.27. The Labute approximate surface area is 130 Å². The fraction of sp³-hybridized carbons (Fsp3) is 0.188. The fourth-order valence-corrected chi connectivity index (χ4v) is 3.03. The molecule has 108 valence electrons. The van der Waals surface area contributed by atoms with Gasteiger partial charge < -0.3 is 11.1 Å². The molecule has 21 heavy (non-hydrogen) atoms. The number of benzene rings is 2. The minimum Gasteiger partial charge on any atom is -0.399 e. The van der Waals surface area contributed by atoms with Crippen LogP contribution in [0.4, 0.5) is 10.1 Å². The van der Waals surface area contributed by atoms with Gasteiger partial charge in [-0.15, -0.1) is 0 Å². The summed E-state index contributed by atoms with van der Waals surface area (Å²) in [4.78, 5) is 12.2. The first kappa shape index (κ1) is 14.1. The Bertz CT molecular complexity index is 717. The van der Waals surface area contributed by atoms with Gasteiger partial charge in [0.05, 0.1) is 11.6 Å². The van der Waals surface area contributed by atoms with E-state index in [9.17, 15) is 9.18 Å². The Morgan fingerprint density at radius 3 is 2.86 bits per heavy atom. The van der Waals surface area contributed by atoms with Gasteiger partial charge in [0.25, 0.3) is 5.91 Å². The van der Waals surface area contributed by atoms with E-state index in [2.05, 4.69) is 21.2 Å². The molecule has 5 heteroatoms. The van der Waals surface area contributed by atoms with Crippen molar-refractivity contribution in [1.29, 1.82) is 0 Å². The number of amides is 1. The molecule has 0 radical (unpaired) electrons. The van der Waals surface area contributed by atoms with Gasteiger partial charge in [-0.25, -0.2) is 4.39 Å². The van der Waals surface area contributed by atoms with Gasteiger partial charge in [0.2, 0.25) is 0 Å². The number of rotatable bonds is 2. The molecule has 0 fully saturated rings. The largest absolute Gasteiger partial charge is 0.399 e. The van der Waals surface area contributed by atoms with Gasteiger partial charge in [-0.05, 0) is 54.3 Å². The van der Waals surface area contributed by atoms with Crippen LogP contribution >= 0.6 is 15.9 Å². The summed E-state index contributed by atoms with van der Waals surface area (Å²) < 4.78 is 14.4. The van der Waals surface area contributed by atoms with Crippen molar-refractivity contribution in [3.05, 3.63) is 63.4 Å². The van der Waals surface area contributed by atoms with Crippen molar-refractivity contribution < 1.29 is 9.18 Å². The maximum atomic E-state index is 13.8. The Hall–Kier alpha value is -1.88. The first-order valence-corrected chi connectivity index (χ1v) is 7.48. The van der Waals surface area contributed by atoms with Crippen molar-refractivity contribution in [1.82, 2.24) is 5.32 Å². The highest BCUT2D eigenvalue weighted by molar-refractivity contribution is 9.10. The zero-order valence-corrected chi connectivity index (χ0v) is 12.8. The normalized spacial score (nSPS) is 16.6. The molecule has 0 bridgehead atoms. The molecule has 2 aromatic rings. The van der Waals surface area contributed by atoms with Crippen LogP contribution in [0.3, 0.4) is 0 Å². The summed E-state index contributed by atoms with van der Waals surface area (Å²) in [5, 5.41) is 2.90. The Balaban J connectivity index is 1.81. The molecule has 1 atom stereocenters. The van der Waals surface area contributed by atoms with E-state index in [1.54, 1.807) is 6.07 Å². The molecule has 3 nitrogen and oxygen atoms in total. The zero-order valence-electron chi connectivity index (χ0n) is 11.2. The van der Waals surface area contributed by atoms with E-state index in [1.165, 1.54) is 12.1 Å². The molecule has 0 aromatic heterocycles. The summed E-state index contributed by atoms with van der Waals surface area (Å²) in [7, 11) is 0. The molecule has 3 rings (SSSR count). The van der Waals surface area contributed by atoms with Crippen molar-refractivity contribution >= 4 is 27.5 Å². The molecule has 2 aromatic carbocycles. The third-order valence-electron chi connectivity index (χ3n) is 3.73. The SMILES string of the molecule is Nc1ccc2c(c1)CCC2NC(=O)c1ccc(Br)cc1F. The van der Waals surface area contributed by atoms with Crippen molar-refractivity contribution in [2.75, 3.05) is 5.73 Å². The van der Waals surface area contributed by atoms with E-state index < -0.39 is 11.7 Å². The molecule has 0 aliphatic heterocycles. The lowest BCUT2D eigenvalue weighted by atomic mass is 10.1. The number of hydrogen-bond acceptors (Lipinski definition) is 2. The second kappa shape index (κ2) is 5.48. The van der Waals surface area contributed by atoms with Crippen LogP contribution in [-0.2, 0) is 6.42 Å². The van der Waals surface area contributed by atoms with E-state index in [1.807, 2.05) is 18.2 Å². The number of anilines is 1. The highest BCUT2D eigenvalue weighted by Gasteiger charge is 2.25. The van der Waals surface area contributed by atoms with Crippen molar-refractivity contribution in [3.63, 3.8) is 0 Å². The number of fused-ring (bicyclic) bond motifs is 1. The number of hydrogen-bond donors (Lipinski definition) is 2. The van der Waals surface area contributed by atoms with Crippen LogP contribution in [0.1, 0.15) is 33.9 Å². The van der Waals surface area contributed by atoms with Crippen LogP contribution < -0.4 is 11.1 Å². The summed E-state index contributed by atoms with van der Waals surface area (Å²) in [5.74, 6) is -0.924. The van der Waals surface area contributed by atoms with Gasteiger partial charge in [0, 0.05) is 10.2 Å². The molecule has 1 aliphatic rings. The average molecular weight is 349 g/mol. The summed E-state index contributed by atoms with van der Waals surface area (Å²) in [6.45, 7) is 0. The predicted molar refractivity (Wildman–Crippen MR) is 83.5 cm³/mol. The van der Waals surface area contributed by atoms with E-state index in [0.717, 1.165) is 29.7 Å². The van der Waals surface area contributed by atoms with Crippen molar-refractivity contribution in [3.8, 4) is 0 Å². The summed E-state index contributed by atoms with van der Waals surface area (Å²) >= 11 is 3.18. The van der Waals surface area contributed by atoms with E-state index in [-0.39, 0.29) is 11.6 Å². The van der Waals surface area contributed by atoms with E-state index >= 15 is 0 Å². The number of halogens is 2. The molecule has 1 amide bonds. The Kier molecular flexibility index (Phi) is 3.68. The quantitative estimate of drug-likeness (QED) is 0.815. The number of nitrogen functional groups attached to an aromatic ring is 1. The van der Waals surface area contributed by atoms with Gasteiger partial charge in [0.1, 0.15) is 5.82 Å². The van der Waals surface area contributed by atoms with Crippen LogP contribution in [0.25, 0.3) is 0 Å². The number of nitrogens with two attached hydrogens (primary N) is 1. The first-order valence-electron chi connectivity index (χ1n) is 6.69. The molecule has 0 saturated heterocycles. The number of carbonyl (C=O) groups excluding carboxylic acids is 1. The smallest absolute Gasteiger partial charge is 0.254 e. The predicted octanol–water partition coefficient (Wildman–Crippen LogP) is 3.59. The van der Waals surface area contributed by atoms with Crippen LogP contribution in [0.5, 0.6) is 0 Å². The Morgan fingerprint density at radius 1 is 1.29 bits per heavy atom. The first-order chi connectivity index (χ1) is 10.0. The third-order valence-corrected chi connectivity index (χ3v) is 4.22. The molecule has 0 spiro atoms. The van der Waals surface area contributed by atoms with Crippen molar-refractivity contribution in [2.45, 2.75) is 18.9 Å². The van der Waals surface area contributed by atoms with Crippen molar-refractivity contribution in [2.24, 2.45) is 0 Å². The monoisotopic (exact) mass is 348 g/mol. The standard InChI is InChI=1S/C16H14BrFN2O/c17-10-2-4-13(14(18)8-10)16(21)20-15-6-1-9-7-11(19)3-5-12(9)15/h2-5,7-8,15H,1,6,19H2,(H,20,21). The lowest BCUT2D eigenvalue weighted by molar-refractivity contribution is 0.0932. The summed E-state index contributed by atoms with van der Waals surface area (Å²) in [6.07, 6.45) is 1.68. The Morgan fingerprint density at radius 2 is 2.10 bits per heavy atom. The summed E-state index contributed by atoms with van der Waals surface area (Å²) in [6, 6.07) is 10.0. The lowest BCUT2D eigenvalue weighted by Gasteiger charge is -2.14. The van der Waals surface area contributed by atoms with E-state index in [4.69, 9.17) is 5.73 Å². The third kappa shape index (κ3) is 2.78. The number of carbonyl (C=O) groups is 1. The molecule has 1 aliphatic carbocycles. The number of aryl methyl sites for hydroxylation is 1. The van der Waals surface area contributed by atoms with Gasteiger partial charge in [0.15, 0.2) is 0 Å². The van der Waals surface area contributed by atoms with Crippen LogP contribution in [-0.4, -0.2) is 5.91 Å². The minimum absolute atomic E-state index is 0.0575. The molecule has 3 N–H and O–H groups in total. The van der Waals surface area contributed by atoms with Gasteiger partial charge in [-0.2, -0.15) is 0 Å². The molecular weight excluding hydrogens is 335 g/mol. The fourth-order valence-electron chi connectivity index (χ4n) is 2.70. The highest BCUT2D eigenvalue weighted by atomic mass is 79.9. The average Bonchev–Trinajstić information content (AvgIpc) is 2.80. The topological polar surface area (TPSA) is 55.1 Å². The molecule has 1 unspecified atom stereocenters. The summed E-state index contributed by atoms with van der Waals surface area (Å²) in [5.41, 5.74) is 8.76. The van der Waals surface area contributed by atoms with Gasteiger partial charge in [-0.3, -0.25) is 4.79 Å². The maximum absolute atomic E-state index is 13.8. The second-order valence-electron chi connectivity index (χ2n) is 5.15. The van der Waals surface area contributed by atoms with Crippen LogP contribution in [0.15, 0.2) is 40.9 Å². The van der Waals surface area contributed by atoms with E-state index in [0.29, 0.717) is 4.47 Å². The second-order valence-corrected chi connectivity index (χ2v) is 6.06. The number of nitrogens with one attached hydrogen (secondary N) is 1. The molecular formula is C16H14BrFN2O. The minimum atomic E-state index is -0.530.